The van der Waals surface area contributed by atoms with Crippen LogP contribution in [0.5, 0.6) is 0 Å². The van der Waals surface area contributed by atoms with E-state index in [-0.39, 0.29) is 18.8 Å². The van der Waals surface area contributed by atoms with Crippen molar-refractivity contribution < 1.29 is 53.6 Å². The average molecular weight is 679 g/mol. The zero-order chi connectivity index (χ0) is 30.5. The molecule has 0 N–H and O–H groups in total. The number of hydrogen-bond acceptors (Lipinski definition) is 9. The minimum atomic E-state index is -4.19. The van der Waals surface area contributed by atoms with Crippen molar-refractivity contribution >= 4 is 34.7 Å². The highest BCUT2D eigenvalue weighted by Crippen LogP contribution is 2.31. The third kappa shape index (κ3) is 16.6. The van der Waals surface area contributed by atoms with E-state index in [4.69, 9.17) is 40.5 Å². The van der Waals surface area contributed by atoms with Gasteiger partial charge in [-0.25, -0.2) is 0 Å². The monoisotopic (exact) mass is 678 g/mol. The number of hydrogen-bond donors (Lipinski definition) is 0. The van der Waals surface area contributed by atoms with Crippen molar-refractivity contribution in [2.45, 2.75) is 107 Å². The van der Waals surface area contributed by atoms with E-state index in [9.17, 15) is 13.2 Å². The molecule has 0 radical (unpaired) electrons. The van der Waals surface area contributed by atoms with Gasteiger partial charge in [0.1, 0.15) is 12.2 Å². The second-order valence-electron chi connectivity index (χ2n) is 12.3. The molecular weight excluding hydrogens is 626 g/mol. The molecule has 248 valence electrons. The van der Waals surface area contributed by atoms with Crippen molar-refractivity contribution in [2.75, 3.05) is 59.5 Å². The van der Waals surface area contributed by atoms with E-state index in [0.29, 0.717) is 46.1 Å². The van der Waals surface area contributed by atoms with E-state index in [0.717, 1.165) is 63.1 Å². The van der Waals surface area contributed by atoms with Gasteiger partial charge in [-0.1, -0.05) is 6.42 Å². The van der Waals surface area contributed by atoms with Gasteiger partial charge in [0.05, 0.1) is 39.5 Å². The van der Waals surface area contributed by atoms with Crippen LogP contribution in [0.1, 0.15) is 38.5 Å². The summed E-state index contributed by atoms with van der Waals surface area (Å²) in [6.07, 6.45) is -0.331. The molecule has 0 aromatic heterocycles. The number of ether oxygens (including phenoxy) is 5. The topological polar surface area (TPSA) is 89.7 Å². The Morgan fingerprint density at radius 1 is 0.762 bits per heavy atom. The first-order chi connectivity index (χ1) is 19.9. The summed E-state index contributed by atoms with van der Waals surface area (Å²) in [5, 5.41) is 0. The maximum absolute atomic E-state index is 12.4. The largest absolute Gasteiger partial charge is 0.438 e. The van der Waals surface area contributed by atoms with Crippen molar-refractivity contribution in [3.8, 4) is 0 Å². The molecule has 3 saturated heterocycles. The second-order valence-corrected chi connectivity index (χ2v) is 25.8. The van der Waals surface area contributed by atoms with Gasteiger partial charge < -0.3 is 40.5 Å². The van der Waals surface area contributed by atoms with Gasteiger partial charge in [-0.3, -0.25) is 0 Å². The summed E-state index contributed by atoms with van der Waals surface area (Å²) in [6.45, 7) is 13.4. The standard InChI is InChI=1S/C26H53F3O9Si4/c1-39-36-40(2,17-7-11-30-15-10-26(27,28)29)16-6-5-14-35-41(3,18-8-12-31-20-24-22-33-24)38-42(4,37-39)19-9-13-32-21-25-23-34-25/h24-25,39H,5-23H2,1-4H3. The quantitative estimate of drug-likeness (QED) is 0.108. The molecular formula is C26H53F3O9Si4. The summed E-state index contributed by atoms with van der Waals surface area (Å²) >= 11 is 0. The van der Waals surface area contributed by atoms with Gasteiger partial charge in [-0.2, -0.15) is 13.2 Å². The third-order valence-corrected chi connectivity index (χ3v) is 24.1. The molecule has 0 aromatic carbocycles. The van der Waals surface area contributed by atoms with Crippen molar-refractivity contribution in [1.29, 1.82) is 0 Å². The molecule has 6 atom stereocenters. The van der Waals surface area contributed by atoms with Gasteiger partial charge in [0.15, 0.2) is 8.32 Å². The number of epoxide rings is 2. The molecule has 3 heterocycles. The SMILES string of the molecule is C[SiH]1O[Si](C)(CCCOCCC(F)(F)F)CCCCO[Si](C)(CCCOCC2CO2)O[Si](C)(CCCOCC2CO2)O1. The highest BCUT2D eigenvalue weighted by molar-refractivity contribution is 6.84. The minimum Gasteiger partial charge on any atom is -0.438 e. The average Bonchev–Trinajstić information content (AvgIpc) is 3.80. The Morgan fingerprint density at radius 3 is 1.93 bits per heavy atom. The van der Waals surface area contributed by atoms with Crippen LogP contribution in [0.4, 0.5) is 13.2 Å². The van der Waals surface area contributed by atoms with Crippen molar-refractivity contribution in [1.82, 2.24) is 0 Å². The second kappa shape index (κ2) is 17.8. The third-order valence-electron chi connectivity index (χ3n) is 7.58. The minimum absolute atomic E-state index is 0.239. The molecule has 3 fully saturated rings. The molecule has 0 spiro atoms. The van der Waals surface area contributed by atoms with Crippen molar-refractivity contribution in [3.63, 3.8) is 0 Å². The lowest BCUT2D eigenvalue weighted by atomic mass is 10.4. The Labute approximate surface area is 254 Å². The highest BCUT2D eigenvalue weighted by Gasteiger charge is 2.45. The van der Waals surface area contributed by atoms with E-state index in [1.54, 1.807) is 0 Å². The van der Waals surface area contributed by atoms with Gasteiger partial charge in [0.25, 0.3) is 9.28 Å². The molecule has 0 saturated carbocycles. The Kier molecular flexibility index (Phi) is 15.6. The summed E-state index contributed by atoms with van der Waals surface area (Å²) in [5.74, 6) is 0. The Balaban J connectivity index is 1.56. The summed E-state index contributed by atoms with van der Waals surface area (Å²) in [6, 6.07) is 3.41. The van der Waals surface area contributed by atoms with Crippen LogP contribution in [-0.4, -0.2) is 113 Å². The van der Waals surface area contributed by atoms with Crippen LogP contribution in [0.2, 0.25) is 50.4 Å². The van der Waals surface area contributed by atoms with Crippen LogP contribution in [-0.2, 0) is 40.5 Å². The summed E-state index contributed by atoms with van der Waals surface area (Å²) < 4.78 is 91.8. The smallest absolute Gasteiger partial charge is 0.391 e. The Bertz CT molecular complexity index is 769. The fraction of sp³-hybridized carbons (Fsp3) is 1.00. The Hall–Kier alpha value is 0.298. The van der Waals surface area contributed by atoms with Crippen LogP contribution in [0, 0.1) is 0 Å². The molecule has 3 aliphatic heterocycles. The number of alkyl halides is 3. The lowest BCUT2D eigenvalue weighted by molar-refractivity contribution is -0.145. The van der Waals surface area contributed by atoms with Crippen molar-refractivity contribution in [2.24, 2.45) is 0 Å². The highest BCUT2D eigenvalue weighted by atomic mass is 28.5. The van der Waals surface area contributed by atoms with Gasteiger partial charge in [-0.05, 0) is 76.0 Å². The molecule has 0 aliphatic carbocycles. The fourth-order valence-electron chi connectivity index (χ4n) is 5.24. The summed E-state index contributed by atoms with van der Waals surface area (Å²) in [4.78, 5) is 0. The van der Waals surface area contributed by atoms with E-state index < -0.39 is 47.3 Å². The zero-order valence-corrected chi connectivity index (χ0v) is 30.1. The van der Waals surface area contributed by atoms with E-state index in [2.05, 4.69) is 26.2 Å². The van der Waals surface area contributed by atoms with Crippen LogP contribution in [0.25, 0.3) is 0 Å². The molecule has 6 unspecified atom stereocenters. The molecule has 3 rings (SSSR count). The number of halogens is 3. The van der Waals surface area contributed by atoms with Crippen LogP contribution in [0.15, 0.2) is 0 Å². The van der Waals surface area contributed by atoms with Crippen molar-refractivity contribution in [3.05, 3.63) is 0 Å². The normalized spacial score (nSPS) is 34.5. The molecule has 0 aromatic rings. The van der Waals surface area contributed by atoms with Crippen LogP contribution < -0.4 is 0 Å². The predicted molar refractivity (Wildman–Crippen MR) is 162 cm³/mol. The first-order valence-corrected chi connectivity index (χ1v) is 25.6. The lowest BCUT2D eigenvalue weighted by Gasteiger charge is -2.41. The molecule has 9 nitrogen and oxygen atoms in total. The van der Waals surface area contributed by atoms with Crippen LogP contribution >= 0.6 is 0 Å². The maximum Gasteiger partial charge on any atom is 0.391 e. The molecule has 42 heavy (non-hydrogen) atoms. The fourth-order valence-corrected chi connectivity index (χ4v) is 23.1. The van der Waals surface area contributed by atoms with E-state index in [1.165, 1.54) is 0 Å². The summed E-state index contributed by atoms with van der Waals surface area (Å²) in [5.41, 5.74) is 0. The molecule has 0 bridgehead atoms. The number of rotatable bonds is 18. The maximum atomic E-state index is 12.4. The first kappa shape index (κ1) is 36.8. The first-order valence-electron chi connectivity index (χ1n) is 15.6. The summed E-state index contributed by atoms with van der Waals surface area (Å²) in [7, 11) is -9.48. The van der Waals surface area contributed by atoms with E-state index >= 15 is 0 Å². The zero-order valence-electron chi connectivity index (χ0n) is 26.0. The van der Waals surface area contributed by atoms with Gasteiger partial charge >= 0.3 is 23.3 Å². The molecule has 3 aliphatic rings. The Morgan fingerprint density at radius 2 is 1.33 bits per heavy atom. The molecule has 0 amide bonds. The van der Waals surface area contributed by atoms with Crippen LogP contribution in [0.3, 0.4) is 0 Å². The van der Waals surface area contributed by atoms with Gasteiger partial charge in [0, 0.05) is 26.4 Å². The van der Waals surface area contributed by atoms with Gasteiger partial charge in [-0.15, -0.1) is 0 Å². The van der Waals surface area contributed by atoms with Gasteiger partial charge in [0.2, 0.25) is 0 Å². The van der Waals surface area contributed by atoms with E-state index in [1.807, 2.05) is 0 Å². The lowest BCUT2D eigenvalue weighted by Crippen LogP contribution is -2.56. The predicted octanol–water partition coefficient (Wildman–Crippen LogP) is 5.39. The molecule has 16 heteroatoms.